The summed E-state index contributed by atoms with van der Waals surface area (Å²) in [4.78, 5) is 0. The molecule has 0 radical (unpaired) electrons. The first-order valence-electron chi connectivity index (χ1n) is 11.2. The lowest BCUT2D eigenvalue weighted by Crippen LogP contribution is -2.60. The molecule has 5 aliphatic carbocycles. The smallest absolute Gasteiger partial charge is 0.0544 e. The van der Waals surface area contributed by atoms with Crippen LogP contribution < -0.4 is 0 Å². The average molecular weight is 359 g/mol. The van der Waals surface area contributed by atoms with Crippen molar-refractivity contribution >= 4 is 0 Å². The Morgan fingerprint density at radius 2 is 1.69 bits per heavy atom. The van der Waals surface area contributed by atoms with E-state index in [0.29, 0.717) is 22.2 Å². The van der Waals surface area contributed by atoms with Crippen LogP contribution in [0, 0.1) is 57.7 Å². The molecule has 9 unspecified atom stereocenters. The lowest BCUT2D eigenvalue weighted by atomic mass is 9.39. The Balaban J connectivity index is 1.46. The van der Waals surface area contributed by atoms with Crippen LogP contribution >= 0.6 is 0 Å². The second-order valence-corrected chi connectivity index (χ2v) is 11.5. The molecule has 0 aromatic carbocycles. The molecule has 0 amide bonds. The predicted octanol–water partition coefficient (Wildman–Crippen LogP) is 4.66. The van der Waals surface area contributed by atoms with Crippen molar-refractivity contribution in [3.63, 3.8) is 0 Å². The first kappa shape index (κ1) is 17.7. The van der Waals surface area contributed by atoms with E-state index in [1.807, 2.05) is 0 Å². The van der Waals surface area contributed by atoms with Crippen LogP contribution in [0.1, 0.15) is 66.2 Å². The molecule has 146 valence electrons. The molecule has 0 aliphatic heterocycles. The molecule has 10 atom stereocenters. The first-order chi connectivity index (χ1) is 12.3. The summed E-state index contributed by atoms with van der Waals surface area (Å²) >= 11 is 0. The van der Waals surface area contributed by atoms with Crippen molar-refractivity contribution in [1.82, 2.24) is 0 Å². The molecule has 2 N–H and O–H groups in total. The summed E-state index contributed by atoms with van der Waals surface area (Å²) in [5.41, 5.74) is 1.29. The third kappa shape index (κ3) is 1.87. The summed E-state index contributed by atoms with van der Waals surface area (Å²) in [6.07, 6.45) is 11.6. The van der Waals surface area contributed by atoms with Crippen molar-refractivity contribution in [2.75, 3.05) is 6.61 Å². The van der Waals surface area contributed by atoms with Crippen molar-refractivity contribution in [1.29, 1.82) is 0 Å². The molecule has 4 fully saturated rings. The Bertz CT molecular complexity index is 624. The van der Waals surface area contributed by atoms with Crippen molar-refractivity contribution in [2.24, 2.45) is 57.7 Å². The van der Waals surface area contributed by atoms with Gasteiger partial charge in [-0.3, -0.25) is 0 Å². The Labute approximate surface area is 159 Å². The van der Waals surface area contributed by atoms with Gasteiger partial charge in [0, 0.05) is 6.61 Å². The molecular formula is C24H38O2. The molecule has 0 aromatic heterocycles. The van der Waals surface area contributed by atoms with Gasteiger partial charge < -0.3 is 10.2 Å². The maximum Gasteiger partial charge on any atom is 0.0544 e. The second-order valence-electron chi connectivity index (χ2n) is 11.5. The molecule has 5 aliphatic rings. The van der Waals surface area contributed by atoms with E-state index in [0.717, 1.165) is 54.8 Å². The zero-order chi connectivity index (χ0) is 18.5. The van der Waals surface area contributed by atoms with Gasteiger partial charge >= 0.3 is 0 Å². The van der Waals surface area contributed by atoms with E-state index in [2.05, 4.69) is 39.8 Å². The summed E-state index contributed by atoms with van der Waals surface area (Å²) < 4.78 is 0. The van der Waals surface area contributed by atoms with Crippen LogP contribution in [-0.4, -0.2) is 22.9 Å². The van der Waals surface area contributed by atoms with Crippen molar-refractivity contribution in [3.05, 3.63) is 12.2 Å². The van der Waals surface area contributed by atoms with Crippen LogP contribution in [0.2, 0.25) is 0 Å². The van der Waals surface area contributed by atoms with Crippen molar-refractivity contribution in [2.45, 2.75) is 72.3 Å². The minimum Gasteiger partial charge on any atom is -0.396 e. The van der Waals surface area contributed by atoms with Crippen LogP contribution in [0.5, 0.6) is 0 Å². The molecule has 0 saturated heterocycles. The normalized spacial score (nSPS) is 56.2. The average Bonchev–Trinajstić information content (AvgIpc) is 3.19. The van der Waals surface area contributed by atoms with Crippen LogP contribution in [0.4, 0.5) is 0 Å². The molecule has 5 rings (SSSR count). The van der Waals surface area contributed by atoms with Crippen LogP contribution in [0.3, 0.4) is 0 Å². The van der Waals surface area contributed by atoms with Gasteiger partial charge in [0.15, 0.2) is 0 Å². The molecule has 26 heavy (non-hydrogen) atoms. The van der Waals surface area contributed by atoms with Gasteiger partial charge in [0.25, 0.3) is 0 Å². The second kappa shape index (κ2) is 5.38. The highest BCUT2D eigenvalue weighted by Gasteiger charge is 2.76. The largest absolute Gasteiger partial charge is 0.396 e. The summed E-state index contributed by atoms with van der Waals surface area (Å²) in [7, 11) is 0. The fourth-order valence-corrected chi connectivity index (χ4v) is 9.44. The number of aliphatic hydroxyl groups is 2. The van der Waals surface area contributed by atoms with Crippen molar-refractivity contribution in [3.8, 4) is 0 Å². The summed E-state index contributed by atoms with van der Waals surface area (Å²) in [5, 5.41) is 19.7. The molecule has 2 heteroatoms. The summed E-state index contributed by atoms with van der Waals surface area (Å²) in [5.74, 6) is 5.85. The molecule has 4 bridgehead atoms. The molecule has 0 aromatic rings. The Morgan fingerprint density at radius 1 is 1.00 bits per heavy atom. The zero-order valence-electron chi connectivity index (χ0n) is 17.1. The third-order valence-electron chi connectivity index (χ3n) is 10.7. The van der Waals surface area contributed by atoms with E-state index in [9.17, 15) is 5.11 Å². The van der Waals surface area contributed by atoms with Gasteiger partial charge in [-0.05, 0) is 96.2 Å². The Kier molecular flexibility index (Phi) is 3.67. The minimum atomic E-state index is -0.217. The molecule has 4 saturated carbocycles. The minimum absolute atomic E-state index is 0.206. The van der Waals surface area contributed by atoms with Gasteiger partial charge in [0.05, 0.1) is 6.10 Å². The van der Waals surface area contributed by atoms with Gasteiger partial charge in [0.2, 0.25) is 0 Å². The lowest BCUT2D eigenvalue weighted by Gasteiger charge is -2.65. The monoisotopic (exact) mass is 358 g/mol. The first-order valence-corrected chi connectivity index (χ1v) is 11.2. The zero-order valence-corrected chi connectivity index (χ0v) is 17.1. The molecule has 0 spiro atoms. The SMILES string of the molecule is CC1(C)C2C(C3CCC1[C@@H]3CC(O)CCCO)C1CC2C2(C)C=CC12C. The number of hydrogen-bond donors (Lipinski definition) is 2. The highest BCUT2D eigenvalue weighted by molar-refractivity contribution is 5.37. The van der Waals surface area contributed by atoms with Crippen LogP contribution in [0.25, 0.3) is 0 Å². The van der Waals surface area contributed by atoms with Crippen LogP contribution in [-0.2, 0) is 0 Å². The molecule has 0 heterocycles. The third-order valence-corrected chi connectivity index (χ3v) is 10.7. The highest BCUT2D eigenvalue weighted by Crippen LogP contribution is 2.82. The van der Waals surface area contributed by atoms with Crippen LogP contribution in [0.15, 0.2) is 12.2 Å². The Morgan fingerprint density at radius 3 is 2.35 bits per heavy atom. The summed E-state index contributed by atoms with van der Waals surface area (Å²) in [6.45, 7) is 10.5. The number of rotatable bonds is 5. The van der Waals surface area contributed by atoms with Gasteiger partial charge in [-0.1, -0.05) is 39.8 Å². The molecular weight excluding hydrogens is 320 g/mol. The van der Waals surface area contributed by atoms with E-state index < -0.39 is 0 Å². The topological polar surface area (TPSA) is 40.5 Å². The number of allylic oxidation sites excluding steroid dienone is 2. The standard InChI is InChI=1S/C24H38O2/c1-22(2)17-8-7-15(16(17)12-14(26)6-5-11-25)20-18-13-19(21(20)22)24(4)10-9-23(18,24)3/h9-10,14-21,25-26H,5-8,11-13H2,1-4H3/t14?,15?,16-,17?,18?,19?,20?,21?,23?,24?/m1/s1. The number of fused-ring (bicyclic) bond motifs is 11. The van der Waals surface area contributed by atoms with Gasteiger partial charge in [-0.15, -0.1) is 0 Å². The maximum atomic E-state index is 10.6. The predicted molar refractivity (Wildman–Crippen MR) is 104 cm³/mol. The van der Waals surface area contributed by atoms with Crippen molar-refractivity contribution < 1.29 is 10.2 Å². The van der Waals surface area contributed by atoms with Gasteiger partial charge in [0.1, 0.15) is 0 Å². The summed E-state index contributed by atoms with van der Waals surface area (Å²) in [6, 6.07) is 0. The van der Waals surface area contributed by atoms with E-state index in [4.69, 9.17) is 5.11 Å². The maximum absolute atomic E-state index is 10.6. The number of hydrogen-bond acceptors (Lipinski definition) is 2. The van der Waals surface area contributed by atoms with E-state index in [-0.39, 0.29) is 12.7 Å². The fraction of sp³-hybridized carbons (Fsp3) is 0.917. The lowest BCUT2D eigenvalue weighted by molar-refractivity contribution is -0.137. The quantitative estimate of drug-likeness (QED) is 0.702. The van der Waals surface area contributed by atoms with E-state index in [1.54, 1.807) is 0 Å². The fourth-order valence-electron chi connectivity index (χ4n) is 9.44. The number of aliphatic hydroxyl groups excluding tert-OH is 2. The molecule has 2 nitrogen and oxygen atoms in total. The Hall–Kier alpha value is -0.340. The van der Waals surface area contributed by atoms with Gasteiger partial charge in [-0.2, -0.15) is 0 Å². The van der Waals surface area contributed by atoms with E-state index in [1.165, 1.54) is 19.3 Å². The van der Waals surface area contributed by atoms with Gasteiger partial charge in [-0.25, -0.2) is 0 Å². The van der Waals surface area contributed by atoms with E-state index >= 15 is 0 Å². The highest BCUT2D eigenvalue weighted by atomic mass is 16.3.